The molecule has 79 heavy (non-hydrogen) atoms. The molecule has 26 heteroatoms. The fraction of sp³-hybridized carbons (Fsp3) is 0.566. The maximum absolute atomic E-state index is 14.5. The molecule has 1 aliphatic carbocycles. The zero-order valence-corrected chi connectivity index (χ0v) is 46.9. The van der Waals surface area contributed by atoms with Crippen LogP contribution < -0.4 is 64.9 Å². The molecule has 2 aromatic carbocycles. The van der Waals surface area contributed by atoms with Crippen molar-refractivity contribution in [1.82, 2.24) is 42.1 Å². The van der Waals surface area contributed by atoms with E-state index < -0.39 is 119 Å². The molecule has 10 amide bonds. The van der Waals surface area contributed by atoms with E-state index in [1.807, 2.05) is 6.92 Å². The van der Waals surface area contributed by atoms with Gasteiger partial charge in [0.15, 0.2) is 5.96 Å². The smallest absolute Gasteiger partial charge is 0.246 e. The number of thiol groups is 2. The van der Waals surface area contributed by atoms with Crippen molar-refractivity contribution < 1.29 is 52.7 Å². The van der Waals surface area contributed by atoms with Gasteiger partial charge in [-0.3, -0.25) is 52.9 Å². The Bertz CT molecular complexity index is 2460. The highest BCUT2D eigenvalue weighted by Crippen LogP contribution is 2.36. The summed E-state index contributed by atoms with van der Waals surface area (Å²) >= 11 is 9.17. The van der Waals surface area contributed by atoms with Gasteiger partial charge in [-0.05, 0) is 74.6 Å². The van der Waals surface area contributed by atoms with Crippen LogP contribution in [0.15, 0.2) is 59.6 Å². The number of aliphatic imine (C=N–C) groups is 1. The SMILES string of the molecule is CCOc1ccc(C[C@H](NC(=O)CC2(S)CCCCC2)C(=O)N[C@@H](Cc2ccccc2)C(=O)N[C@H](C(=O)N[C@@H](CC(N)=O)C(=O)N[C@H](CS)C(=O)N2CCC[C@H]2C(=O)N[C@@H](CCCN=C(N)N)C(=O)NCC(N)=O)C(C)C)cc1. The van der Waals surface area contributed by atoms with E-state index in [2.05, 4.69) is 54.8 Å². The van der Waals surface area contributed by atoms with Crippen LogP contribution in [0.4, 0.5) is 0 Å². The highest BCUT2D eigenvalue weighted by Gasteiger charge is 2.40. The van der Waals surface area contributed by atoms with Crippen molar-refractivity contribution in [3.05, 3.63) is 65.7 Å². The quantitative estimate of drug-likeness (QED) is 0.0185. The number of hydrogen-bond donors (Lipinski definition) is 13. The molecule has 1 saturated heterocycles. The number of rotatable bonds is 31. The summed E-state index contributed by atoms with van der Waals surface area (Å²) in [7, 11) is 0. The van der Waals surface area contributed by atoms with Crippen molar-refractivity contribution >= 4 is 90.3 Å². The van der Waals surface area contributed by atoms with E-state index in [1.165, 1.54) is 4.90 Å². The number of nitrogens with two attached hydrogens (primary N) is 4. The minimum absolute atomic E-state index is 0.0345. The zero-order chi connectivity index (χ0) is 58.2. The zero-order valence-electron chi connectivity index (χ0n) is 45.1. The molecular weight excluding hydrogens is 1060 g/mol. The van der Waals surface area contributed by atoms with Gasteiger partial charge in [0.2, 0.25) is 59.1 Å². The molecule has 2 aliphatic rings. The molecular formula is C53H79N13O11S2. The van der Waals surface area contributed by atoms with Crippen LogP contribution in [-0.4, -0.2) is 149 Å². The van der Waals surface area contributed by atoms with Crippen LogP contribution in [0, 0.1) is 5.92 Å². The second-order valence-corrected chi connectivity index (χ2v) is 21.5. The third-order valence-electron chi connectivity index (χ3n) is 13.5. The van der Waals surface area contributed by atoms with Gasteiger partial charge >= 0.3 is 0 Å². The number of nitrogens with one attached hydrogen (secondary N) is 7. The molecule has 15 N–H and O–H groups in total. The predicted molar refractivity (Wildman–Crippen MR) is 302 cm³/mol. The number of carbonyl (C=O) groups excluding carboxylic acids is 10. The van der Waals surface area contributed by atoms with Crippen LogP contribution >= 0.6 is 25.3 Å². The third-order valence-corrected chi connectivity index (χ3v) is 14.4. The molecule has 0 spiro atoms. The molecule has 0 unspecified atom stereocenters. The summed E-state index contributed by atoms with van der Waals surface area (Å²) in [6.07, 6.45) is 4.62. The van der Waals surface area contributed by atoms with Gasteiger partial charge in [-0.25, -0.2) is 0 Å². The second-order valence-electron chi connectivity index (χ2n) is 20.2. The Labute approximate surface area is 471 Å². The van der Waals surface area contributed by atoms with E-state index in [4.69, 9.17) is 40.3 Å². The Morgan fingerprint density at radius 2 is 1.29 bits per heavy atom. The standard InChI is InChI=1S/C53H79N13O11S2/c1-4-77-34-19-17-33(18-20-34)26-36(60-43(69)28-53(79)21-9-6-10-22-53)46(71)62-37(25-32-13-7-5-8-14-32)48(73)65-44(31(2)3)50(75)63-38(27-41(54)67)47(72)64-39(30-78)51(76)66-24-12-16-40(66)49(74)61-35(15-11-23-58-52(56)57)45(70)59-29-42(55)68/h5,7-8,13-14,17-20,31,35-40,44,78-79H,4,6,9-12,15-16,21-30H2,1-3H3,(H2,54,67)(H2,55,68)(H,59,70)(H,60,69)(H,61,74)(H,62,71)(H,63,75)(H,64,72)(H,65,73)(H4,56,57,58)/t35-,36-,37-,38-,39+,40-,44-/m0/s1. The maximum atomic E-state index is 14.5. The van der Waals surface area contributed by atoms with E-state index in [0.29, 0.717) is 29.9 Å². The summed E-state index contributed by atoms with van der Waals surface area (Å²) in [6, 6.07) is 6.75. The summed E-state index contributed by atoms with van der Waals surface area (Å²) in [5, 5.41) is 18.5. The van der Waals surface area contributed by atoms with Crippen molar-refractivity contribution in [2.24, 2.45) is 33.8 Å². The third kappa shape index (κ3) is 21.6. The first-order chi connectivity index (χ1) is 37.5. The topological polar surface area (TPSA) is 384 Å². The Morgan fingerprint density at radius 3 is 1.89 bits per heavy atom. The molecule has 4 rings (SSSR count). The predicted octanol–water partition coefficient (Wildman–Crippen LogP) is -1.09. The van der Waals surface area contributed by atoms with Gasteiger partial charge in [-0.1, -0.05) is 75.6 Å². The number of primary amides is 2. The Kier molecular flexibility index (Phi) is 26.2. The molecule has 1 saturated carbocycles. The number of ether oxygens (including phenoxy) is 1. The highest BCUT2D eigenvalue weighted by molar-refractivity contribution is 7.81. The van der Waals surface area contributed by atoms with Crippen LogP contribution in [0.5, 0.6) is 5.75 Å². The Hall–Kier alpha value is -7.09. The molecule has 0 radical (unpaired) electrons. The van der Waals surface area contributed by atoms with Gasteiger partial charge in [0.1, 0.15) is 48.0 Å². The molecule has 2 aromatic rings. The van der Waals surface area contributed by atoms with Crippen LogP contribution in [0.1, 0.15) is 103 Å². The normalized spacial score (nSPS) is 17.0. The average Bonchev–Trinajstić information content (AvgIpc) is 3.90. The molecule has 434 valence electrons. The molecule has 7 atom stereocenters. The number of guanidine groups is 1. The fourth-order valence-electron chi connectivity index (χ4n) is 9.36. The highest BCUT2D eigenvalue weighted by atomic mass is 32.1. The monoisotopic (exact) mass is 1140 g/mol. The minimum Gasteiger partial charge on any atom is -0.494 e. The lowest BCUT2D eigenvalue weighted by Crippen LogP contribution is -2.61. The first kappa shape index (κ1) is 64.4. The number of hydrogen-bond acceptors (Lipinski definition) is 14. The lowest BCUT2D eigenvalue weighted by atomic mass is 9.85. The maximum Gasteiger partial charge on any atom is 0.246 e. The first-order valence-corrected chi connectivity index (χ1v) is 27.7. The first-order valence-electron chi connectivity index (χ1n) is 26.6. The molecule has 1 aliphatic heterocycles. The lowest BCUT2D eigenvalue weighted by molar-refractivity contribution is -0.142. The number of benzene rings is 2. The van der Waals surface area contributed by atoms with Crippen molar-refractivity contribution in [3.8, 4) is 5.75 Å². The van der Waals surface area contributed by atoms with Crippen molar-refractivity contribution in [1.29, 1.82) is 0 Å². The number of amides is 10. The van der Waals surface area contributed by atoms with Gasteiger partial charge < -0.3 is 69.8 Å². The molecule has 0 bridgehead atoms. The molecule has 24 nitrogen and oxygen atoms in total. The van der Waals surface area contributed by atoms with E-state index >= 15 is 0 Å². The number of carbonyl (C=O) groups is 10. The van der Waals surface area contributed by atoms with Gasteiger partial charge in [-0.2, -0.15) is 25.3 Å². The molecule has 2 fully saturated rings. The van der Waals surface area contributed by atoms with E-state index in [-0.39, 0.29) is 69.2 Å². The number of nitrogens with zero attached hydrogens (tertiary/aromatic N) is 2. The van der Waals surface area contributed by atoms with Crippen molar-refractivity contribution in [2.75, 3.05) is 32.0 Å². The van der Waals surface area contributed by atoms with Gasteiger partial charge in [-0.15, -0.1) is 0 Å². The summed E-state index contributed by atoms with van der Waals surface area (Å²) < 4.78 is 5.06. The average molecular weight is 1140 g/mol. The van der Waals surface area contributed by atoms with Crippen LogP contribution in [-0.2, 0) is 60.8 Å². The van der Waals surface area contributed by atoms with Crippen molar-refractivity contribution in [2.45, 2.75) is 151 Å². The largest absolute Gasteiger partial charge is 0.494 e. The fourth-order valence-corrected chi connectivity index (χ4v) is 10.1. The summed E-state index contributed by atoms with van der Waals surface area (Å²) in [4.78, 5) is 141. The van der Waals surface area contributed by atoms with Gasteiger partial charge in [0, 0.05) is 42.9 Å². The second kappa shape index (κ2) is 32.1. The van der Waals surface area contributed by atoms with Crippen molar-refractivity contribution in [3.63, 3.8) is 0 Å². The van der Waals surface area contributed by atoms with Crippen LogP contribution in [0.25, 0.3) is 0 Å². The van der Waals surface area contributed by atoms with E-state index in [0.717, 1.165) is 32.1 Å². The van der Waals surface area contributed by atoms with E-state index in [9.17, 15) is 47.9 Å². The Morgan fingerprint density at radius 1 is 0.696 bits per heavy atom. The Balaban J connectivity index is 1.52. The molecule has 1 heterocycles. The van der Waals surface area contributed by atoms with Gasteiger partial charge in [0.05, 0.1) is 19.6 Å². The van der Waals surface area contributed by atoms with E-state index in [1.54, 1.807) is 68.4 Å². The summed E-state index contributed by atoms with van der Waals surface area (Å²) in [5.41, 5.74) is 22.9. The van der Waals surface area contributed by atoms with Gasteiger partial charge in [0.25, 0.3) is 0 Å². The lowest BCUT2D eigenvalue weighted by Gasteiger charge is -2.32. The minimum atomic E-state index is -1.67. The summed E-state index contributed by atoms with van der Waals surface area (Å²) in [6.45, 7) is 5.27. The van der Waals surface area contributed by atoms with Crippen LogP contribution in [0.3, 0.4) is 0 Å². The number of likely N-dealkylation sites (tertiary alicyclic amines) is 1. The summed E-state index contributed by atoms with van der Waals surface area (Å²) in [5.74, 6) is -8.20. The van der Waals surface area contributed by atoms with Crippen LogP contribution in [0.2, 0.25) is 0 Å². The molecule has 0 aromatic heterocycles.